The smallest absolute Gasteiger partial charge is 0.294 e. The van der Waals surface area contributed by atoms with Crippen molar-refractivity contribution in [1.82, 2.24) is 14.4 Å². The minimum absolute atomic E-state index is 0.203. The number of carbonyl (C=O) groups is 3. The van der Waals surface area contributed by atoms with E-state index in [0.29, 0.717) is 18.0 Å². The highest BCUT2D eigenvalue weighted by atomic mass is 32.2. The van der Waals surface area contributed by atoms with Crippen LogP contribution >= 0.6 is 11.8 Å². The summed E-state index contributed by atoms with van der Waals surface area (Å²) < 4.78 is 2.11. The third-order valence-corrected chi connectivity index (χ3v) is 7.00. The Labute approximate surface area is 190 Å². The van der Waals surface area contributed by atoms with Gasteiger partial charge in [0.1, 0.15) is 6.54 Å². The molecule has 3 amide bonds. The lowest BCUT2D eigenvalue weighted by Gasteiger charge is -2.29. The number of carbonyl (C=O) groups excluding carboxylic acids is 3. The molecular weight excluding hydrogens is 422 g/mol. The summed E-state index contributed by atoms with van der Waals surface area (Å²) in [5.41, 5.74) is 4.35. The van der Waals surface area contributed by atoms with E-state index in [-0.39, 0.29) is 12.5 Å². The maximum Gasteiger partial charge on any atom is 0.294 e. The summed E-state index contributed by atoms with van der Waals surface area (Å²) in [7, 11) is 0. The van der Waals surface area contributed by atoms with E-state index in [9.17, 15) is 14.4 Å². The Balaban J connectivity index is 1.34. The normalized spacial score (nSPS) is 17.5. The molecular formula is C25H23N3O3S. The molecule has 0 aliphatic carbocycles. The molecule has 7 heteroatoms. The Morgan fingerprint density at radius 3 is 2.62 bits per heavy atom. The van der Waals surface area contributed by atoms with Crippen molar-refractivity contribution in [3.8, 4) is 0 Å². The molecule has 3 heterocycles. The van der Waals surface area contributed by atoms with Crippen molar-refractivity contribution < 1.29 is 14.4 Å². The summed E-state index contributed by atoms with van der Waals surface area (Å²) in [6.45, 7) is 3.76. The van der Waals surface area contributed by atoms with Crippen LogP contribution in [-0.2, 0) is 29.1 Å². The van der Waals surface area contributed by atoms with Crippen LogP contribution in [0.5, 0.6) is 0 Å². The molecule has 32 heavy (non-hydrogen) atoms. The van der Waals surface area contributed by atoms with Gasteiger partial charge in [0.25, 0.3) is 11.1 Å². The zero-order valence-electron chi connectivity index (χ0n) is 17.8. The van der Waals surface area contributed by atoms with Gasteiger partial charge in [0, 0.05) is 42.3 Å². The standard InChI is InChI=1S/C25H23N3O3S/c1-2-26-15-19(20-9-5-6-10-21(20)26)13-22-24(30)28(25(31)32-22)16-23(29)27-12-11-17-7-3-4-8-18(17)14-27/h3-10,13,15H,2,11-12,14,16H2,1H3/b22-13-. The van der Waals surface area contributed by atoms with Crippen molar-refractivity contribution in [2.45, 2.75) is 26.4 Å². The van der Waals surface area contributed by atoms with Gasteiger partial charge >= 0.3 is 0 Å². The molecule has 0 unspecified atom stereocenters. The highest BCUT2D eigenvalue weighted by Gasteiger charge is 2.37. The molecule has 2 aliphatic rings. The molecule has 0 saturated carbocycles. The molecule has 6 nitrogen and oxygen atoms in total. The van der Waals surface area contributed by atoms with E-state index >= 15 is 0 Å². The fourth-order valence-electron chi connectivity index (χ4n) is 4.37. The van der Waals surface area contributed by atoms with Gasteiger partial charge in [0.05, 0.1) is 4.91 Å². The molecule has 0 N–H and O–H groups in total. The number of imide groups is 1. The van der Waals surface area contributed by atoms with Crippen molar-refractivity contribution >= 4 is 45.8 Å². The van der Waals surface area contributed by atoms with Crippen molar-refractivity contribution in [2.75, 3.05) is 13.1 Å². The topological polar surface area (TPSA) is 62.6 Å². The summed E-state index contributed by atoms with van der Waals surface area (Å²) in [6.07, 6.45) is 4.54. The van der Waals surface area contributed by atoms with Crippen LogP contribution in [0, 0.1) is 0 Å². The Kier molecular flexibility index (Phi) is 5.35. The number of amides is 3. The van der Waals surface area contributed by atoms with Crippen LogP contribution in [0.1, 0.15) is 23.6 Å². The van der Waals surface area contributed by atoms with Crippen LogP contribution in [-0.4, -0.2) is 44.5 Å². The maximum atomic E-state index is 13.0. The molecule has 1 aromatic heterocycles. The molecule has 1 saturated heterocycles. The Bertz CT molecular complexity index is 1280. The SMILES string of the molecule is CCn1cc(/C=C2\SC(=O)N(CC(=O)N3CCc4ccccc4C3)C2=O)c2ccccc21. The van der Waals surface area contributed by atoms with Crippen molar-refractivity contribution in [3.05, 3.63) is 76.3 Å². The number of aryl methyl sites for hydroxylation is 1. The highest BCUT2D eigenvalue weighted by Crippen LogP contribution is 2.34. The summed E-state index contributed by atoms with van der Waals surface area (Å²) in [6, 6.07) is 16.0. The quantitative estimate of drug-likeness (QED) is 0.563. The van der Waals surface area contributed by atoms with Crippen LogP contribution in [0.3, 0.4) is 0 Å². The van der Waals surface area contributed by atoms with Gasteiger partial charge in [-0.3, -0.25) is 19.3 Å². The Morgan fingerprint density at radius 1 is 1.06 bits per heavy atom. The molecule has 0 atom stereocenters. The van der Waals surface area contributed by atoms with E-state index in [2.05, 4.69) is 17.6 Å². The first-order chi connectivity index (χ1) is 15.5. The van der Waals surface area contributed by atoms with Gasteiger partial charge in [-0.1, -0.05) is 42.5 Å². The van der Waals surface area contributed by atoms with Crippen LogP contribution < -0.4 is 0 Å². The zero-order valence-corrected chi connectivity index (χ0v) is 18.6. The van der Waals surface area contributed by atoms with Crippen LogP contribution in [0.25, 0.3) is 17.0 Å². The molecule has 2 aromatic carbocycles. The fourth-order valence-corrected chi connectivity index (χ4v) is 5.20. The lowest BCUT2D eigenvalue weighted by Crippen LogP contribution is -2.44. The van der Waals surface area contributed by atoms with Gasteiger partial charge in [-0.15, -0.1) is 0 Å². The average molecular weight is 446 g/mol. The van der Waals surface area contributed by atoms with Gasteiger partial charge in [0.15, 0.2) is 0 Å². The van der Waals surface area contributed by atoms with Crippen molar-refractivity contribution in [3.63, 3.8) is 0 Å². The van der Waals surface area contributed by atoms with E-state index in [1.165, 1.54) is 5.56 Å². The largest absolute Gasteiger partial charge is 0.347 e. The number of nitrogens with zero attached hydrogens (tertiary/aromatic N) is 3. The van der Waals surface area contributed by atoms with Crippen LogP contribution in [0.4, 0.5) is 4.79 Å². The zero-order chi connectivity index (χ0) is 22.2. The third-order valence-electron chi connectivity index (χ3n) is 6.10. The second kappa shape index (κ2) is 8.31. The van der Waals surface area contributed by atoms with Gasteiger partial charge in [0.2, 0.25) is 5.91 Å². The monoisotopic (exact) mass is 445 g/mol. The van der Waals surface area contributed by atoms with E-state index in [4.69, 9.17) is 0 Å². The van der Waals surface area contributed by atoms with Gasteiger partial charge in [-0.2, -0.15) is 0 Å². The van der Waals surface area contributed by atoms with Crippen molar-refractivity contribution in [1.29, 1.82) is 0 Å². The number of hydrogen-bond acceptors (Lipinski definition) is 4. The van der Waals surface area contributed by atoms with Crippen molar-refractivity contribution in [2.24, 2.45) is 0 Å². The predicted molar refractivity (Wildman–Crippen MR) is 126 cm³/mol. The number of hydrogen-bond donors (Lipinski definition) is 0. The van der Waals surface area contributed by atoms with Crippen LogP contribution in [0.15, 0.2) is 59.6 Å². The minimum Gasteiger partial charge on any atom is -0.347 e. The molecule has 1 fully saturated rings. The second-order valence-electron chi connectivity index (χ2n) is 7.99. The molecule has 0 bridgehead atoms. The van der Waals surface area contributed by atoms with Gasteiger partial charge in [-0.25, -0.2) is 0 Å². The number of benzene rings is 2. The Morgan fingerprint density at radius 2 is 1.81 bits per heavy atom. The Hall–Kier alpha value is -3.32. The van der Waals surface area contributed by atoms with E-state index < -0.39 is 11.1 Å². The number of thioether (sulfide) groups is 1. The highest BCUT2D eigenvalue weighted by molar-refractivity contribution is 8.18. The summed E-state index contributed by atoms with van der Waals surface area (Å²) in [5.74, 6) is -0.607. The minimum atomic E-state index is -0.404. The van der Waals surface area contributed by atoms with Crippen LogP contribution in [0.2, 0.25) is 0 Å². The number of fused-ring (bicyclic) bond motifs is 2. The lowest BCUT2D eigenvalue weighted by molar-refractivity contribution is -0.136. The predicted octanol–water partition coefficient (Wildman–Crippen LogP) is 4.28. The summed E-state index contributed by atoms with van der Waals surface area (Å²) >= 11 is 0.898. The molecule has 2 aliphatic heterocycles. The molecule has 0 radical (unpaired) electrons. The van der Waals surface area contributed by atoms with E-state index in [1.54, 1.807) is 11.0 Å². The molecule has 0 spiro atoms. The fraction of sp³-hybridized carbons (Fsp3) is 0.240. The van der Waals surface area contributed by atoms with Gasteiger partial charge < -0.3 is 9.47 Å². The molecule has 3 aromatic rings. The maximum absolute atomic E-state index is 13.0. The molecule has 162 valence electrons. The summed E-state index contributed by atoms with van der Waals surface area (Å²) in [4.78, 5) is 41.6. The number of rotatable bonds is 4. The van der Waals surface area contributed by atoms with E-state index in [1.807, 2.05) is 48.7 Å². The first-order valence-electron chi connectivity index (χ1n) is 10.7. The third kappa shape index (κ3) is 3.62. The second-order valence-corrected chi connectivity index (χ2v) is 8.98. The lowest BCUT2D eigenvalue weighted by atomic mass is 10.00. The average Bonchev–Trinajstić information content (AvgIpc) is 3.31. The summed E-state index contributed by atoms with van der Waals surface area (Å²) in [5, 5.41) is 0.635. The number of para-hydroxylation sites is 1. The van der Waals surface area contributed by atoms with E-state index in [0.717, 1.165) is 51.7 Å². The van der Waals surface area contributed by atoms with Gasteiger partial charge in [-0.05, 0) is 48.4 Å². The number of aromatic nitrogens is 1. The molecule has 5 rings (SSSR count). The first-order valence-corrected chi connectivity index (χ1v) is 11.5. The first kappa shape index (κ1) is 20.6.